The van der Waals surface area contributed by atoms with Crippen LogP contribution in [0.3, 0.4) is 0 Å². The molecular formula is C15H31N3O. The fourth-order valence-electron chi connectivity index (χ4n) is 3.86. The highest BCUT2D eigenvalue weighted by atomic mass is 16.3. The van der Waals surface area contributed by atoms with Gasteiger partial charge in [0.2, 0.25) is 0 Å². The first-order valence-electron chi connectivity index (χ1n) is 7.92. The molecule has 2 atom stereocenters. The molecule has 0 spiro atoms. The molecule has 2 N–H and O–H groups in total. The Bertz CT molecular complexity index is 264. The van der Waals surface area contributed by atoms with Crippen molar-refractivity contribution in [2.75, 3.05) is 33.7 Å². The number of nitrogens with zero attached hydrogens (tertiary/aromatic N) is 2. The lowest BCUT2D eigenvalue weighted by atomic mass is 9.89. The third kappa shape index (κ3) is 4.15. The molecule has 19 heavy (non-hydrogen) atoms. The van der Waals surface area contributed by atoms with Crippen LogP contribution in [0.15, 0.2) is 0 Å². The summed E-state index contributed by atoms with van der Waals surface area (Å²) in [5.41, 5.74) is 0. The second kappa shape index (κ2) is 7.02. The van der Waals surface area contributed by atoms with Gasteiger partial charge in [0.25, 0.3) is 0 Å². The second-order valence-corrected chi connectivity index (χ2v) is 6.57. The topological polar surface area (TPSA) is 38.7 Å². The molecule has 112 valence electrons. The lowest BCUT2D eigenvalue weighted by Crippen LogP contribution is -2.47. The van der Waals surface area contributed by atoms with E-state index in [1.807, 2.05) is 0 Å². The summed E-state index contributed by atoms with van der Waals surface area (Å²) < 4.78 is 0. The van der Waals surface area contributed by atoms with Crippen LogP contribution in [0.4, 0.5) is 0 Å². The van der Waals surface area contributed by atoms with Gasteiger partial charge in [-0.15, -0.1) is 0 Å². The normalized spacial score (nSPS) is 37.1. The lowest BCUT2D eigenvalue weighted by molar-refractivity contribution is 0.104. The lowest BCUT2D eigenvalue weighted by Gasteiger charge is -2.38. The number of β-amino-alcohol motifs (C(OH)–C–C–N with tert-alkyl or cyclic N) is 1. The average molecular weight is 269 g/mol. The summed E-state index contributed by atoms with van der Waals surface area (Å²) in [6, 6.07) is 1.96. The van der Waals surface area contributed by atoms with Crippen LogP contribution in [0.2, 0.25) is 0 Å². The Kier molecular flexibility index (Phi) is 5.63. The maximum atomic E-state index is 9.98. The zero-order valence-electron chi connectivity index (χ0n) is 12.8. The van der Waals surface area contributed by atoms with Gasteiger partial charge in [0, 0.05) is 31.2 Å². The second-order valence-electron chi connectivity index (χ2n) is 6.57. The predicted molar refractivity (Wildman–Crippen MR) is 79.4 cm³/mol. The number of hydrogen-bond donors (Lipinski definition) is 2. The van der Waals surface area contributed by atoms with E-state index in [1.54, 1.807) is 0 Å². The van der Waals surface area contributed by atoms with Gasteiger partial charge in [0.1, 0.15) is 0 Å². The third-order valence-corrected chi connectivity index (χ3v) is 4.67. The van der Waals surface area contributed by atoms with Crippen molar-refractivity contribution in [3.05, 3.63) is 0 Å². The maximum absolute atomic E-state index is 9.98. The summed E-state index contributed by atoms with van der Waals surface area (Å²) in [6.07, 6.45) is 5.99. The van der Waals surface area contributed by atoms with Crippen molar-refractivity contribution >= 4 is 0 Å². The number of likely N-dealkylation sites (tertiary alicyclic amines) is 1. The molecule has 4 heteroatoms. The third-order valence-electron chi connectivity index (χ3n) is 4.67. The highest BCUT2D eigenvalue weighted by Gasteiger charge is 2.37. The monoisotopic (exact) mass is 269 g/mol. The number of aliphatic hydroxyl groups is 1. The maximum Gasteiger partial charge on any atom is 0.0682 e. The minimum atomic E-state index is -0.114. The molecule has 0 aromatic heterocycles. The van der Waals surface area contributed by atoms with Crippen LogP contribution in [0.5, 0.6) is 0 Å². The van der Waals surface area contributed by atoms with Crippen LogP contribution >= 0.6 is 0 Å². The van der Waals surface area contributed by atoms with Crippen LogP contribution < -0.4 is 5.32 Å². The van der Waals surface area contributed by atoms with E-state index in [0.717, 1.165) is 32.1 Å². The molecule has 0 aromatic carbocycles. The minimum absolute atomic E-state index is 0.114. The Morgan fingerprint density at radius 2 is 1.89 bits per heavy atom. The van der Waals surface area contributed by atoms with Crippen LogP contribution in [0.25, 0.3) is 0 Å². The SMILES string of the molecule is CCNC1CCC(N2CC(O)CC2CN(C)C)CC1. The number of rotatable bonds is 5. The highest BCUT2D eigenvalue weighted by Crippen LogP contribution is 2.29. The molecular weight excluding hydrogens is 238 g/mol. The fourth-order valence-corrected chi connectivity index (χ4v) is 3.86. The molecule has 2 aliphatic rings. The molecule has 1 heterocycles. The number of nitrogens with one attached hydrogen (secondary N) is 1. The van der Waals surface area contributed by atoms with E-state index in [0.29, 0.717) is 12.1 Å². The first-order chi connectivity index (χ1) is 9.10. The Morgan fingerprint density at radius 3 is 2.47 bits per heavy atom. The summed E-state index contributed by atoms with van der Waals surface area (Å²) in [6.45, 7) is 5.23. The number of hydrogen-bond acceptors (Lipinski definition) is 4. The quantitative estimate of drug-likeness (QED) is 0.778. The van der Waals surface area contributed by atoms with Gasteiger partial charge in [-0.1, -0.05) is 6.92 Å². The molecule has 0 radical (unpaired) electrons. The van der Waals surface area contributed by atoms with Crippen molar-refractivity contribution in [3.8, 4) is 0 Å². The number of likely N-dealkylation sites (N-methyl/N-ethyl adjacent to an activating group) is 1. The van der Waals surface area contributed by atoms with E-state index in [2.05, 4.69) is 36.1 Å². The summed E-state index contributed by atoms with van der Waals surface area (Å²) >= 11 is 0. The van der Waals surface area contributed by atoms with E-state index < -0.39 is 0 Å². The molecule has 1 saturated heterocycles. The molecule has 0 aromatic rings. The summed E-state index contributed by atoms with van der Waals surface area (Å²) in [4.78, 5) is 4.84. The van der Waals surface area contributed by atoms with Crippen LogP contribution in [-0.4, -0.2) is 72.9 Å². The molecule has 0 bridgehead atoms. The molecule has 2 fully saturated rings. The first-order valence-corrected chi connectivity index (χ1v) is 7.92. The molecule has 4 nitrogen and oxygen atoms in total. The van der Waals surface area contributed by atoms with Crippen molar-refractivity contribution in [2.24, 2.45) is 0 Å². The van der Waals surface area contributed by atoms with Crippen molar-refractivity contribution in [1.29, 1.82) is 0 Å². The highest BCUT2D eigenvalue weighted by molar-refractivity contribution is 4.93. The zero-order valence-corrected chi connectivity index (χ0v) is 12.8. The van der Waals surface area contributed by atoms with E-state index in [4.69, 9.17) is 0 Å². The number of aliphatic hydroxyl groups excluding tert-OH is 1. The van der Waals surface area contributed by atoms with Crippen LogP contribution in [0.1, 0.15) is 39.0 Å². The zero-order chi connectivity index (χ0) is 13.8. The van der Waals surface area contributed by atoms with E-state index in [-0.39, 0.29) is 6.10 Å². The Hall–Kier alpha value is -0.160. The van der Waals surface area contributed by atoms with Gasteiger partial charge < -0.3 is 15.3 Å². The van der Waals surface area contributed by atoms with Crippen LogP contribution in [-0.2, 0) is 0 Å². The fraction of sp³-hybridized carbons (Fsp3) is 1.00. The predicted octanol–water partition coefficient (Wildman–Crippen LogP) is 0.904. The van der Waals surface area contributed by atoms with E-state index in [9.17, 15) is 5.11 Å². The van der Waals surface area contributed by atoms with Crippen molar-refractivity contribution < 1.29 is 5.11 Å². The standard InChI is InChI=1S/C15H31N3O/c1-4-16-12-5-7-13(8-6-12)18-11-15(19)9-14(18)10-17(2)3/h12-16,19H,4-11H2,1-3H3. The minimum Gasteiger partial charge on any atom is -0.392 e. The Balaban J connectivity index is 1.86. The van der Waals surface area contributed by atoms with Gasteiger partial charge in [-0.05, 0) is 52.7 Å². The van der Waals surface area contributed by atoms with Gasteiger partial charge >= 0.3 is 0 Å². The molecule has 2 rings (SSSR count). The first kappa shape index (κ1) is 15.2. The summed E-state index contributed by atoms with van der Waals surface area (Å²) in [7, 11) is 4.26. The van der Waals surface area contributed by atoms with Crippen LogP contribution in [0, 0.1) is 0 Å². The van der Waals surface area contributed by atoms with Gasteiger partial charge in [0.05, 0.1) is 6.10 Å². The molecule has 2 unspecified atom stereocenters. The van der Waals surface area contributed by atoms with Crippen molar-refractivity contribution in [2.45, 2.75) is 63.3 Å². The Morgan fingerprint density at radius 1 is 1.21 bits per heavy atom. The van der Waals surface area contributed by atoms with Gasteiger partial charge in [-0.25, -0.2) is 0 Å². The largest absolute Gasteiger partial charge is 0.392 e. The van der Waals surface area contributed by atoms with Gasteiger partial charge in [-0.2, -0.15) is 0 Å². The summed E-state index contributed by atoms with van der Waals surface area (Å²) in [5, 5.41) is 13.5. The molecule has 1 aliphatic carbocycles. The van der Waals surface area contributed by atoms with E-state index in [1.165, 1.54) is 25.7 Å². The van der Waals surface area contributed by atoms with Crippen molar-refractivity contribution in [3.63, 3.8) is 0 Å². The molecule has 1 saturated carbocycles. The van der Waals surface area contributed by atoms with E-state index >= 15 is 0 Å². The average Bonchev–Trinajstić information content (AvgIpc) is 2.71. The summed E-state index contributed by atoms with van der Waals surface area (Å²) in [5.74, 6) is 0. The molecule has 1 aliphatic heterocycles. The molecule has 0 amide bonds. The van der Waals surface area contributed by atoms with Gasteiger partial charge in [-0.3, -0.25) is 4.90 Å². The Labute approximate surface area is 118 Å². The van der Waals surface area contributed by atoms with Gasteiger partial charge in [0.15, 0.2) is 0 Å². The smallest absolute Gasteiger partial charge is 0.0682 e. The van der Waals surface area contributed by atoms with Crippen molar-refractivity contribution in [1.82, 2.24) is 15.1 Å².